The smallest absolute Gasteiger partial charge is 0.162 e. The van der Waals surface area contributed by atoms with Gasteiger partial charge in [0.1, 0.15) is 0 Å². The number of ether oxygens (including phenoxy) is 1. The highest BCUT2D eigenvalue weighted by Gasteiger charge is 2.41. The Morgan fingerprint density at radius 1 is 1.88 bits per heavy atom. The zero-order valence-electron chi connectivity index (χ0n) is 5.35. The maximum atomic E-state index is 8.94. The third-order valence-corrected chi connectivity index (χ3v) is 1.97. The predicted molar refractivity (Wildman–Crippen MR) is 30.4 cm³/mol. The van der Waals surface area contributed by atoms with Crippen LogP contribution in [0.15, 0.2) is 0 Å². The van der Waals surface area contributed by atoms with Crippen molar-refractivity contribution in [2.75, 3.05) is 6.61 Å². The molecule has 0 aromatic heterocycles. The first-order valence-corrected chi connectivity index (χ1v) is 2.99. The van der Waals surface area contributed by atoms with E-state index in [0.717, 1.165) is 6.42 Å². The number of rotatable bonds is 1. The fraction of sp³-hybridized carbons (Fsp3) is 1.00. The molecule has 8 heavy (non-hydrogen) atoms. The predicted octanol–water partition coefficient (Wildman–Crippen LogP) is 0.751. The van der Waals surface area contributed by atoms with Gasteiger partial charge in [-0.25, -0.2) is 0 Å². The summed E-state index contributed by atoms with van der Waals surface area (Å²) in [4.78, 5) is 0. The van der Waals surface area contributed by atoms with Crippen LogP contribution in [0.5, 0.6) is 0 Å². The van der Waals surface area contributed by atoms with E-state index < -0.39 is 6.29 Å². The monoisotopic (exact) mass is 116 g/mol. The Morgan fingerprint density at radius 3 is 2.50 bits per heavy atom. The molecule has 1 rings (SSSR count). The van der Waals surface area contributed by atoms with E-state index in [1.54, 1.807) is 0 Å². The van der Waals surface area contributed by atoms with Gasteiger partial charge in [0.25, 0.3) is 0 Å². The minimum atomic E-state index is -0.507. The highest BCUT2D eigenvalue weighted by atomic mass is 16.6. The molecule has 2 nitrogen and oxygen atoms in total. The van der Waals surface area contributed by atoms with Gasteiger partial charge in [-0.15, -0.1) is 0 Å². The first kappa shape index (κ1) is 6.05. The number of aliphatic hydroxyl groups excluding tert-OH is 1. The number of aliphatic hydroxyl groups is 1. The molecular formula is C6H12O2. The summed E-state index contributed by atoms with van der Waals surface area (Å²) < 4.78 is 4.79. The lowest BCUT2D eigenvalue weighted by Gasteiger charge is -2.42. The SMILES string of the molecule is CCC1(C)COC1O. The third-order valence-electron chi connectivity index (χ3n) is 1.97. The number of hydrogen-bond acceptors (Lipinski definition) is 2. The first-order chi connectivity index (χ1) is 3.69. The molecule has 0 radical (unpaired) electrons. The summed E-state index contributed by atoms with van der Waals surface area (Å²) in [7, 11) is 0. The Bertz CT molecular complexity index is 88.5. The molecule has 1 heterocycles. The molecule has 0 saturated carbocycles. The topological polar surface area (TPSA) is 29.5 Å². The highest BCUT2D eigenvalue weighted by Crippen LogP contribution is 2.35. The van der Waals surface area contributed by atoms with Crippen LogP contribution in [0.25, 0.3) is 0 Å². The second-order valence-electron chi connectivity index (χ2n) is 2.67. The van der Waals surface area contributed by atoms with Gasteiger partial charge in [0.2, 0.25) is 0 Å². The Balaban J connectivity index is 2.42. The zero-order valence-corrected chi connectivity index (χ0v) is 5.35. The van der Waals surface area contributed by atoms with Gasteiger partial charge in [0.05, 0.1) is 6.61 Å². The molecule has 1 aliphatic heterocycles. The van der Waals surface area contributed by atoms with Crippen LogP contribution in [0.2, 0.25) is 0 Å². The minimum Gasteiger partial charge on any atom is -0.367 e. The third kappa shape index (κ3) is 0.644. The van der Waals surface area contributed by atoms with E-state index >= 15 is 0 Å². The maximum Gasteiger partial charge on any atom is 0.162 e. The van der Waals surface area contributed by atoms with Crippen molar-refractivity contribution in [1.29, 1.82) is 0 Å². The van der Waals surface area contributed by atoms with E-state index in [0.29, 0.717) is 6.61 Å². The van der Waals surface area contributed by atoms with Gasteiger partial charge < -0.3 is 9.84 Å². The Kier molecular flexibility index (Phi) is 1.29. The molecule has 2 atom stereocenters. The van der Waals surface area contributed by atoms with Gasteiger partial charge in [-0.2, -0.15) is 0 Å². The highest BCUT2D eigenvalue weighted by molar-refractivity contribution is 4.82. The average Bonchev–Trinajstić information content (AvgIpc) is 1.83. The van der Waals surface area contributed by atoms with Gasteiger partial charge in [-0.1, -0.05) is 13.8 Å². The van der Waals surface area contributed by atoms with Crippen LogP contribution in [-0.2, 0) is 4.74 Å². The summed E-state index contributed by atoms with van der Waals surface area (Å²) in [6.45, 7) is 4.80. The molecule has 1 N–H and O–H groups in total. The lowest BCUT2D eigenvalue weighted by atomic mass is 9.84. The summed E-state index contributed by atoms with van der Waals surface area (Å²) in [6.07, 6.45) is 0.487. The van der Waals surface area contributed by atoms with Gasteiger partial charge in [0, 0.05) is 5.41 Å². The van der Waals surface area contributed by atoms with E-state index in [2.05, 4.69) is 6.92 Å². The van der Waals surface area contributed by atoms with Crippen LogP contribution >= 0.6 is 0 Å². The lowest BCUT2D eigenvalue weighted by molar-refractivity contribution is -0.282. The quantitative estimate of drug-likeness (QED) is 0.547. The Hall–Kier alpha value is -0.0800. The molecule has 0 aromatic carbocycles. The molecule has 0 amide bonds. The van der Waals surface area contributed by atoms with Crippen molar-refractivity contribution in [1.82, 2.24) is 0 Å². The molecular weight excluding hydrogens is 104 g/mol. The standard InChI is InChI=1S/C6H12O2/c1-3-6(2)4-8-5(6)7/h5,7H,3-4H2,1-2H3. The summed E-state index contributed by atoms with van der Waals surface area (Å²) in [5.74, 6) is 0. The summed E-state index contributed by atoms with van der Waals surface area (Å²) in [5.41, 5.74) is 0.0556. The molecule has 1 aliphatic rings. The van der Waals surface area contributed by atoms with Crippen molar-refractivity contribution in [2.24, 2.45) is 5.41 Å². The van der Waals surface area contributed by atoms with E-state index in [-0.39, 0.29) is 5.41 Å². The van der Waals surface area contributed by atoms with E-state index in [4.69, 9.17) is 9.84 Å². The molecule has 2 heteroatoms. The van der Waals surface area contributed by atoms with Crippen molar-refractivity contribution in [3.05, 3.63) is 0 Å². The molecule has 0 aliphatic carbocycles. The van der Waals surface area contributed by atoms with Crippen LogP contribution in [0.3, 0.4) is 0 Å². The average molecular weight is 116 g/mol. The largest absolute Gasteiger partial charge is 0.367 e. The van der Waals surface area contributed by atoms with Gasteiger partial charge in [0.15, 0.2) is 6.29 Å². The summed E-state index contributed by atoms with van der Waals surface area (Å²) in [6, 6.07) is 0. The second kappa shape index (κ2) is 1.71. The number of hydrogen-bond donors (Lipinski definition) is 1. The second-order valence-corrected chi connectivity index (χ2v) is 2.67. The van der Waals surface area contributed by atoms with Crippen molar-refractivity contribution >= 4 is 0 Å². The normalized spacial score (nSPS) is 46.1. The molecule has 1 saturated heterocycles. The van der Waals surface area contributed by atoms with Crippen LogP contribution in [0.4, 0.5) is 0 Å². The first-order valence-electron chi connectivity index (χ1n) is 2.99. The Morgan fingerprint density at radius 2 is 2.50 bits per heavy atom. The van der Waals surface area contributed by atoms with Crippen LogP contribution in [0, 0.1) is 5.41 Å². The summed E-state index contributed by atoms with van der Waals surface area (Å²) in [5, 5.41) is 8.94. The van der Waals surface area contributed by atoms with Crippen LogP contribution in [0.1, 0.15) is 20.3 Å². The van der Waals surface area contributed by atoms with Gasteiger partial charge >= 0.3 is 0 Å². The maximum absolute atomic E-state index is 8.94. The lowest BCUT2D eigenvalue weighted by Crippen LogP contribution is -2.49. The van der Waals surface area contributed by atoms with Crippen molar-refractivity contribution in [2.45, 2.75) is 26.6 Å². The molecule has 0 aromatic rings. The van der Waals surface area contributed by atoms with Gasteiger partial charge in [-0.3, -0.25) is 0 Å². The van der Waals surface area contributed by atoms with Crippen molar-refractivity contribution in [3.63, 3.8) is 0 Å². The molecule has 1 fully saturated rings. The van der Waals surface area contributed by atoms with E-state index in [1.165, 1.54) is 0 Å². The fourth-order valence-corrected chi connectivity index (χ4v) is 0.719. The Labute approximate surface area is 49.5 Å². The van der Waals surface area contributed by atoms with Gasteiger partial charge in [-0.05, 0) is 6.42 Å². The molecule has 0 bridgehead atoms. The van der Waals surface area contributed by atoms with E-state index in [9.17, 15) is 0 Å². The van der Waals surface area contributed by atoms with Crippen LogP contribution in [-0.4, -0.2) is 18.0 Å². The van der Waals surface area contributed by atoms with E-state index in [1.807, 2.05) is 6.92 Å². The van der Waals surface area contributed by atoms with Crippen molar-refractivity contribution in [3.8, 4) is 0 Å². The zero-order chi connectivity index (χ0) is 6.20. The van der Waals surface area contributed by atoms with Crippen molar-refractivity contribution < 1.29 is 9.84 Å². The molecule has 48 valence electrons. The fourth-order valence-electron chi connectivity index (χ4n) is 0.719. The molecule has 2 unspecified atom stereocenters. The minimum absolute atomic E-state index is 0.0556. The van der Waals surface area contributed by atoms with Crippen LogP contribution < -0.4 is 0 Å². The molecule has 0 spiro atoms. The summed E-state index contributed by atoms with van der Waals surface area (Å²) >= 11 is 0.